The minimum Gasteiger partial charge on any atom is -0.328 e. The fraction of sp³-hybridized carbons (Fsp3) is 0.143. The van der Waals surface area contributed by atoms with Crippen molar-refractivity contribution in [2.24, 2.45) is 0 Å². The molecule has 0 saturated carbocycles. The number of aromatic nitrogens is 4. The van der Waals surface area contributed by atoms with Gasteiger partial charge in [0.05, 0.1) is 10.9 Å². The molecule has 0 bridgehead atoms. The van der Waals surface area contributed by atoms with Crippen LogP contribution in [0, 0.1) is 0 Å². The number of hydrogen-bond acceptors (Lipinski definition) is 5. The quantitative estimate of drug-likeness (QED) is 0.690. The van der Waals surface area contributed by atoms with Crippen LogP contribution in [-0.4, -0.2) is 26.2 Å². The van der Waals surface area contributed by atoms with Gasteiger partial charge in [-0.05, 0) is 12.5 Å². The van der Waals surface area contributed by atoms with Crippen molar-refractivity contribution in [1.82, 2.24) is 25.5 Å². The van der Waals surface area contributed by atoms with Gasteiger partial charge in [0.15, 0.2) is 5.13 Å². The molecule has 8 heteroatoms. The highest BCUT2D eigenvalue weighted by molar-refractivity contribution is 7.19. The fourth-order valence-corrected chi connectivity index (χ4v) is 2.71. The molecular weight excluding hydrogens is 300 g/mol. The van der Waals surface area contributed by atoms with Crippen LogP contribution in [0.5, 0.6) is 0 Å². The van der Waals surface area contributed by atoms with E-state index in [-0.39, 0.29) is 12.1 Å². The first-order valence-corrected chi connectivity index (χ1v) is 7.48. The van der Waals surface area contributed by atoms with E-state index < -0.39 is 0 Å². The number of H-pyrrole nitrogens is 1. The Morgan fingerprint density at radius 1 is 1.27 bits per heavy atom. The molecule has 2 heterocycles. The monoisotopic (exact) mass is 314 g/mol. The number of carbonyl (C=O) groups is 1. The lowest BCUT2D eigenvalue weighted by atomic mass is 10.2. The zero-order valence-corrected chi connectivity index (χ0v) is 12.6. The minimum atomic E-state index is -0.335. The summed E-state index contributed by atoms with van der Waals surface area (Å²) in [5, 5.41) is 12.5. The first kappa shape index (κ1) is 14.2. The van der Waals surface area contributed by atoms with Gasteiger partial charge in [-0.1, -0.05) is 41.7 Å². The van der Waals surface area contributed by atoms with Crippen LogP contribution in [0.25, 0.3) is 10.4 Å². The topological polar surface area (TPSA) is 95.6 Å². The molecule has 0 aliphatic carbocycles. The van der Waals surface area contributed by atoms with E-state index in [1.54, 1.807) is 6.20 Å². The summed E-state index contributed by atoms with van der Waals surface area (Å²) in [6, 6.07) is 9.30. The van der Waals surface area contributed by atoms with Crippen molar-refractivity contribution in [1.29, 1.82) is 0 Å². The molecule has 22 heavy (non-hydrogen) atoms. The number of benzene rings is 1. The van der Waals surface area contributed by atoms with Crippen LogP contribution in [0.2, 0.25) is 0 Å². The molecule has 2 aromatic heterocycles. The fourth-order valence-electron chi connectivity index (χ4n) is 1.89. The minimum absolute atomic E-state index is 0.268. The maximum absolute atomic E-state index is 11.9. The van der Waals surface area contributed by atoms with Gasteiger partial charge in [-0.25, -0.2) is 14.8 Å². The SMILES string of the molecule is C[C@@H](NC(=O)Nc1ncc(-c2ccccc2)s1)c1ncn[nH]1. The number of nitrogens with zero attached hydrogens (tertiary/aromatic N) is 3. The van der Waals surface area contributed by atoms with Gasteiger partial charge in [-0.2, -0.15) is 5.10 Å². The molecule has 3 rings (SSSR count). The summed E-state index contributed by atoms with van der Waals surface area (Å²) < 4.78 is 0. The third kappa shape index (κ3) is 3.29. The van der Waals surface area contributed by atoms with E-state index >= 15 is 0 Å². The molecule has 2 amide bonds. The molecule has 0 aliphatic rings. The molecule has 0 fully saturated rings. The third-order valence-electron chi connectivity index (χ3n) is 2.98. The van der Waals surface area contributed by atoms with Crippen LogP contribution in [0.15, 0.2) is 42.9 Å². The molecule has 3 aromatic rings. The van der Waals surface area contributed by atoms with Gasteiger partial charge in [0.1, 0.15) is 12.2 Å². The maximum atomic E-state index is 11.9. The summed E-state index contributed by atoms with van der Waals surface area (Å²) in [6.07, 6.45) is 3.15. The number of amides is 2. The Hall–Kier alpha value is -2.74. The number of thiazole rings is 1. The van der Waals surface area contributed by atoms with Crippen LogP contribution >= 0.6 is 11.3 Å². The lowest BCUT2D eigenvalue weighted by Crippen LogP contribution is -2.31. The predicted molar refractivity (Wildman–Crippen MR) is 84.5 cm³/mol. The first-order chi connectivity index (χ1) is 10.7. The second kappa shape index (κ2) is 6.35. The van der Waals surface area contributed by atoms with Crippen LogP contribution in [0.3, 0.4) is 0 Å². The Balaban J connectivity index is 1.62. The highest BCUT2D eigenvalue weighted by Gasteiger charge is 2.13. The molecule has 0 aliphatic heterocycles. The number of anilines is 1. The summed E-state index contributed by atoms with van der Waals surface area (Å²) in [5.41, 5.74) is 1.07. The largest absolute Gasteiger partial charge is 0.328 e. The summed E-state index contributed by atoms with van der Waals surface area (Å²) in [7, 11) is 0. The first-order valence-electron chi connectivity index (χ1n) is 6.66. The molecule has 0 spiro atoms. The van der Waals surface area contributed by atoms with Crippen LogP contribution in [-0.2, 0) is 0 Å². The predicted octanol–water partition coefficient (Wildman–Crippen LogP) is 2.81. The van der Waals surface area contributed by atoms with E-state index in [0.717, 1.165) is 10.4 Å². The van der Waals surface area contributed by atoms with Crippen LogP contribution < -0.4 is 10.6 Å². The molecule has 1 aromatic carbocycles. The summed E-state index contributed by atoms with van der Waals surface area (Å²) in [4.78, 5) is 21.2. The van der Waals surface area contributed by atoms with Gasteiger partial charge in [0.25, 0.3) is 0 Å². The Morgan fingerprint density at radius 2 is 2.09 bits per heavy atom. The molecule has 1 atom stereocenters. The highest BCUT2D eigenvalue weighted by atomic mass is 32.1. The molecule has 7 nitrogen and oxygen atoms in total. The normalized spacial score (nSPS) is 11.9. The average molecular weight is 314 g/mol. The van der Waals surface area contributed by atoms with Crippen molar-refractivity contribution in [2.75, 3.05) is 5.32 Å². The van der Waals surface area contributed by atoms with Gasteiger partial charge in [0, 0.05) is 6.20 Å². The number of hydrogen-bond donors (Lipinski definition) is 3. The van der Waals surface area contributed by atoms with Gasteiger partial charge in [-0.3, -0.25) is 10.4 Å². The highest BCUT2D eigenvalue weighted by Crippen LogP contribution is 2.28. The summed E-state index contributed by atoms with van der Waals surface area (Å²) in [5.74, 6) is 0.597. The second-order valence-electron chi connectivity index (χ2n) is 4.59. The summed E-state index contributed by atoms with van der Waals surface area (Å²) >= 11 is 1.42. The molecule has 0 saturated heterocycles. The number of urea groups is 1. The van der Waals surface area contributed by atoms with Crippen LogP contribution in [0.1, 0.15) is 18.8 Å². The maximum Gasteiger partial charge on any atom is 0.321 e. The number of nitrogens with one attached hydrogen (secondary N) is 3. The van der Waals surface area contributed by atoms with Crippen molar-refractivity contribution in [3.8, 4) is 10.4 Å². The van der Waals surface area contributed by atoms with Crippen molar-refractivity contribution in [3.05, 3.63) is 48.7 Å². The van der Waals surface area contributed by atoms with E-state index in [1.165, 1.54) is 17.7 Å². The van der Waals surface area contributed by atoms with Crippen molar-refractivity contribution >= 4 is 22.5 Å². The molecule has 3 N–H and O–H groups in total. The molecule has 0 unspecified atom stereocenters. The van der Waals surface area contributed by atoms with Gasteiger partial charge in [-0.15, -0.1) is 0 Å². The Kier molecular flexibility index (Phi) is 4.10. The number of rotatable bonds is 4. The van der Waals surface area contributed by atoms with E-state index in [1.807, 2.05) is 37.3 Å². The Morgan fingerprint density at radius 3 is 2.82 bits per heavy atom. The zero-order valence-electron chi connectivity index (χ0n) is 11.8. The molecular formula is C14H14N6OS. The average Bonchev–Trinajstić information content (AvgIpc) is 3.19. The molecule has 112 valence electrons. The van der Waals surface area contributed by atoms with Crippen molar-refractivity contribution in [2.45, 2.75) is 13.0 Å². The lowest BCUT2D eigenvalue weighted by Gasteiger charge is -2.10. The van der Waals surface area contributed by atoms with E-state index in [9.17, 15) is 4.79 Å². The standard InChI is InChI=1S/C14H14N6OS/c1-9(12-16-8-17-20-12)18-13(21)19-14-15-7-11(22-14)10-5-3-2-4-6-10/h2-9H,1H3,(H,16,17,20)(H2,15,18,19,21)/t9-/m1/s1. The third-order valence-corrected chi connectivity index (χ3v) is 3.94. The van der Waals surface area contributed by atoms with Crippen LogP contribution in [0.4, 0.5) is 9.93 Å². The lowest BCUT2D eigenvalue weighted by molar-refractivity contribution is 0.249. The van der Waals surface area contributed by atoms with E-state index in [4.69, 9.17) is 0 Å². The number of carbonyl (C=O) groups excluding carboxylic acids is 1. The van der Waals surface area contributed by atoms with Gasteiger partial charge >= 0.3 is 6.03 Å². The van der Waals surface area contributed by atoms with Crippen molar-refractivity contribution < 1.29 is 4.79 Å². The smallest absolute Gasteiger partial charge is 0.321 e. The summed E-state index contributed by atoms with van der Waals surface area (Å²) in [6.45, 7) is 1.82. The van der Waals surface area contributed by atoms with E-state index in [0.29, 0.717) is 11.0 Å². The Labute approximate surface area is 130 Å². The van der Waals surface area contributed by atoms with E-state index in [2.05, 4.69) is 30.8 Å². The second-order valence-corrected chi connectivity index (χ2v) is 5.62. The van der Waals surface area contributed by atoms with Gasteiger partial charge < -0.3 is 5.32 Å². The number of aromatic amines is 1. The zero-order chi connectivity index (χ0) is 15.4. The Bertz CT molecular complexity index is 740. The van der Waals surface area contributed by atoms with Crippen molar-refractivity contribution in [3.63, 3.8) is 0 Å². The van der Waals surface area contributed by atoms with Gasteiger partial charge in [0.2, 0.25) is 0 Å². The molecule has 0 radical (unpaired) electrons.